The lowest BCUT2D eigenvalue weighted by Gasteiger charge is -2.09. The highest BCUT2D eigenvalue weighted by molar-refractivity contribution is 5.87. The zero-order valence-corrected chi connectivity index (χ0v) is 8.70. The first-order chi connectivity index (χ1) is 8.09. The topological polar surface area (TPSA) is 79.5 Å². The molecular formula is C12H9NO4. The Bertz CT molecular complexity index is 616. The quantitative estimate of drug-likeness (QED) is 0.814. The van der Waals surface area contributed by atoms with Crippen molar-refractivity contribution in [3.8, 4) is 11.6 Å². The largest absolute Gasteiger partial charge is 0.494 e. The molecule has 5 nitrogen and oxygen atoms in total. The van der Waals surface area contributed by atoms with Gasteiger partial charge >= 0.3 is 5.97 Å². The summed E-state index contributed by atoms with van der Waals surface area (Å²) in [5.74, 6) is -1.62. The third kappa shape index (κ3) is 2.03. The van der Waals surface area contributed by atoms with E-state index in [1.165, 1.54) is 4.57 Å². The fourth-order valence-corrected chi connectivity index (χ4v) is 1.48. The van der Waals surface area contributed by atoms with Gasteiger partial charge in [-0.25, -0.2) is 4.79 Å². The number of aromatic hydroxyl groups is 1. The number of pyridine rings is 1. The summed E-state index contributed by atoms with van der Waals surface area (Å²) in [5, 5.41) is 18.5. The van der Waals surface area contributed by atoms with Crippen LogP contribution in [0.4, 0.5) is 0 Å². The van der Waals surface area contributed by atoms with Gasteiger partial charge in [0.2, 0.25) is 0 Å². The minimum Gasteiger partial charge on any atom is -0.494 e. The van der Waals surface area contributed by atoms with E-state index in [4.69, 9.17) is 5.11 Å². The number of hydrogen-bond acceptors (Lipinski definition) is 3. The highest BCUT2D eigenvalue weighted by Gasteiger charge is 2.12. The van der Waals surface area contributed by atoms with Crippen LogP contribution in [0.3, 0.4) is 0 Å². The highest BCUT2D eigenvalue weighted by atomic mass is 16.4. The van der Waals surface area contributed by atoms with Crippen LogP contribution in [0.15, 0.2) is 47.4 Å². The molecule has 0 aliphatic rings. The van der Waals surface area contributed by atoms with Gasteiger partial charge in [0, 0.05) is 18.0 Å². The zero-order valence-electron chi connectivity index (χ0n) is 8.70. The summed E-state index contributed by atoms with van der Waals surface area (Å²) in [4.78, 5) is 22.1. The van der Waals surface area contributed by atoms with Crippen molar-refractivity contribution in [2.45, 2.75) is 0 Å². The summed E-state index contributed by atoms with van der Waals surface area (Å²) in [6.07, 6.45) is 1.11. The maximum atomic E-state index is 11.3. The normalized spacial score (nSPS) is 10.1. The van der Waals surface area contributed by atoms with Crippen molar-refractivity contribution >= 4 is 5.97 Å². The summed E-state index contributed by atoms with van der Waals surface area (Å²) in [5.41, 5.74) is -0.527. The monoisotopic (exact) mass is 231 g/mol. The molecule has 86 valence electrons. The first-order valence-corrected chi connectivity index (χ1v) is 4.84. The second kappa shape index (κ2) is 4.13. The van der Waals surface area contributed by atoms with E-state index >= 15 is 0 Å². The number of hydrogen-bond donors (Lipinski definition) is 2. The fourth-order valence-electron chi connectivity index (χ4n) is 1.48. The van der Waals surface area contributed by atoms with Crippen LogP contribution >= 0.6 is 0 Å². The number of aromatic nitrogens is 1. The lowest BCUT2D eigenvalue weighted by atomic mass is 10.2. The van der Waals surface area contributed by atoms with E-state index in [0.29, 0.717) is 5.69 Å². The molecule has 2 rings (SSSR count). The summed E-state index contributed by atoms with van der Waals surface area (Å²) in [6.45, 7) is 0. The molecule has 1 aromatic carbocycles. The molecule has 0 aliphatic carbocycles. The summed E-state index contributed by atoms with van der Waals surface area (Å²) in [7, 11) is 0. The number of carbonyl (C=O) groups is 1. The Morgan fingerprint density at radius 3 is 2.41 bits per heavy atom. The number of carboxylic acid groups (broad SMARTS) is 1. The Morgan fingerprint density at radius 1 is 1.18 bits per heavy atom. The molecule has 1 aromatic heterocycles. The molecule has 2 aromatic rings. The van der Waals surface area contributed by atoms with Crippen molar-refractivity contribution < 1.29 is 15.0 Å². The average molecular weight is 231 g/mol. The van der Waals surface area contributed by atoms with Crippen molar-refractivity contribution in [3.63, 3.8) is 0 Å². The molecule has 0 aliphatic heterocycles. The molecule has 0 saturated carbocycles. The minimum absolute atomic E-state index is 0.300. The first kappa shape index (κ1) is 10.9. The van der Waals surface area contributed by atoms with E-state index in [9.17, 15) is 14.7 Å². The Hall–Kier alpha value is -2.56. The summed E-state index contributed by atoms with van der Waals surface area (Å²) >= 11 is 0. The van der Waals surface area contributed by atoms with Gasteiger partial charge in [0.1, 0.15) is 5.56 Å². The minimum atomic E-state index is -1.32. The lowest BCUT2D eigenvalue weighted by Crippen LogP contribution is -2.16. The predicted molar refractivity (Wildman–Crippen MR) is 60.7 cm³/mol. The number of rotatable bonds is 2. The van der Waals surface area contributed by atoms with E-state index in [1.54, 1.807) is 30.3 Å². The second-order valence-electron chi connectivity index (χ2n) is 3.42. The number of carboxylic acids is 1. The van der Waals surface area contributed by atoms with Crippen LogP contribution in [-0.2, 0) is 0 Å². The zero-order chi connectivity index (χ0) is 12.4. The van der Waals surface area contributed by atoms with Gasteiger partial charge < -0.3 is 10.2 Å². The molecule has 1 heterocycles. The molecule has 0 unspecified atom stereocenters. The number of aromatic carboxylic acids is 1. The van der Waals surface area contributed by atoms with Crippen molar-refractivity contribution in [2.24, 2.45) is 0 Å². The van der Waals surface area contributed by atoms with Crippen LogP contribution in [-0.4, -0.2) is 20.7 Å². The molecule has 0 saturated heterocycles. The van der Waals surface area contributed by atoms with Gasteiger partial charge in [0.15, 0.2) is 11.3 Å². The summed E-state index contributed by atoms with van der Waals surface area (Å²) < 4.78 is 1.24. The third-order valence-corrected chi connectivity index (χ3v) is 2.30. The van der Waals surface area contributed by atoms with Gasteiger partial charge in [0.25, 0.3) is 0 Å². The van der Waals surface area contributed by atoms with E-state index in [1.807, 2.05) is 0 Å². The third-order valence-electron chi connectivity index (χ3n) is 2.30. The van der Waals surface area contributed by atoms with Crippen LogP contribution in [0.25, 0.3) is 5.69 Å². The molecular weight excluding hydrogens is 222 g/mol. The van der Waals surface area contributed by atoms with Crippen LogP contribution in [0, 0.1) is 0 Å². The van der Waals surface area contributed by atoms with Crippen molar-refractivity contribution in [2.75, 3.05) is 0 Å². The Balaban J connectivity index is 2.67. The number of nitrogens with zero attached hydrogens (tertiary/aromatic N) is 1. The lowest BCUT2D eigenvalue weighted by molar-refractivity contribution is 0.0694. The number of para-hydroxylation sites is 1. The molecule has 0 radical (unpaired) electrons. The van der Waals surface area contributed by atoms with Gasteiger partial charge in [-0.15, -0.1) is 0 Å². The molecule has 0 atom stereocenters. The molecule has 2 N–H and O–H groups in total. The molecule has 5 heteroatoms. The maximum absolute atomic E-state index is 11.3. The highest BCUT2D eigenvalue weighted by Crippen LogP contribution is 2.15. The Kier molecular flexibility index (Phi) is 2.66. The second-order valence-corrected chi connectivity index (χ2v) is 3.42. The van der Waals surface area contributed by atoms with Crippen molar-refractivity contribution in [1.82, 2.24) is 4.57 Å². The van der Waals surface area contributed by atoms with Gasteiger partial charge in [-0.2, -0.15) is 0 Å². The maximum Gasteiger partial charge on any atom is 0.341 e. The SMILES string of the molecule is O=C(O)c1cn(-c2ccccc2)c(O)cc1=O. The van der Waals surface area contributed by atoms with Crippen molar-refractivity contribution in [3.05, 3.63) is 58.4 Å². The molecule has 0 bridgehead atoms. The van der Waals surface area contributed by atoms with Gasteiger partial charge in [-0.1, -0.05) is 18.2 Å². The van der Waals surface area contributed by atoms with Gasteiger partial charge in [0.05, 0.1) is 0 Å². The van der Waals surface area contributed by atoms with E-state index in [2.05, 4.69) is 0 Å². The van der Waals surface area contributed by atoms with Crippen LogP contribution in [0.5, 0.6) is 5.88 Å². The van der Waals surface area contributed by atoms with E-state index < -0.39 is 11.4 Å². The summed E-state index contributed by atoms with van der Waals surface area (Å²) in [6, 6.07) is 9.55. The Morgan fingerprint density at radius 2 is 1.82 bits per heavy atom. The van der Waals surface area contributed by atoms with Crippen molar-refractivity contribution in [1.29, 1.82) is 0 Å². The van der Waals surface area contributed by atoms with E-state index in [-0.39, 0.29) is 11.4 Å². The Labute approximate surface area is 96.2 Å². The first-order valence-electron chi connectivity index (χ1n) is 4.84. The van der Waals surface area contributed by atoms with Crippen LogP contribution in [0.1, 0.15) is 10.4 Å². The predicted octanol–water partition coefficient (Wildman–Crippen LogP) is 1.24. The fraction of sp³-hybridized carbons (Fsp3) is 0. The molecule has 0 fully saturated rings. The molecule has 0 amide bonds. The van der Waals surface area contributed by atoms with Crippen LogP contribution < -0.4 is 5.43 Å². The standard InChI is InChI=1S/C12H9NO4/c14-10-6-11(15)13(7-9(10)12(16)17)8-4-2-1-3-5-8/h1-7,15H,(H,16,17). The smallest absolute Gasteiger partial charge is 0.341 e. The molecule has 17 heavy (non-hydrogen) atoms. The molecule has 0 spiro atoms. The number of benzene rings is 1. The van der Waals surface area contributed by atoms with E-state index in [0.717, 1.165) is 12.3 Å². The van der Waals surface area contributed by atoms with Crippen LogP contribution in [0.2, 0.25) is 0 Å². The van der Waals surface area contributed by atoms with Gasteiger partial charge in [-0.05, 0) is 12.1 Å². The van der Waals surface area contributed by atoms with Gasteiger partial charge in [-0.3, -0.25) is 9.36 Å². The average Bonchev–Trinajstić information content (AvgIpc) is 2.29.